The van der Waals surface area contributed by atoms with E-state index in [1.54, 1.807) is 7.11 Å². The molecule has 0 aromatic heterocycles. The van der Waals surface area contributed by atoms with E-state index >= 15 is 0 Å². The number of hydrogen-bond acceptors (Lipinski definition) is 3. The zero-order valence-corrected chi connectivity index (χ0v) is 13.6. The van der Waals surface area contributed by atoms with Gasteiger partial charge in [-0.1, -0.05) is 37.5 Å². The predicted molar refractivity (Wildman–Crippen MR) is 87.1 cm³/mol. The second kappa shape index (κ2) is 7.13. The van der Waals surface area contributed by atoms with Gasteiger partial charge in [-0.15, -0.1) is 0 Å². The van der Waals surface area contributed by atoms with Crippen molar-refractivity contribution in [3.8, 4) is 0 Å². The van der Waals surface area contributed by atoms with E-state index < -0.39 is 6.04 Å². The van der Waals surface area contributed by atoms with Crippen molar-refractivity contribution >= 4 is 11.8 Å². The number of carbonyl (C=O) groups excluding carboxylic acids is 2. The lowest BCUT2D eigenvalue weighted by molar-refractivity contribution is -0.126. The minimum absolute atomic E-state index is 0.000563. The first-order valence-electron chi connectivity index (χ1n) is 8.42. The molecule has 5 nitrogen and oxygen atoms in total. The van der Waals surface area contributed by atoms with Gasteiger partial charge in [-0.2, -0.15) is 0 Å². The molecule has 1 fully saturated rings. The summed E-state index contributed by atoms with van der Waals surface area (Å²) in [6.45, 7) is 0.929. The normalized spacial score (nSPS) is 21.3. The summed E-state index contributed by atoms with van der Waals surface area (Å²) in [6, 6.07) is 7.15. The molecular formula is C18H24N2O3. The minimum Gasteiger partial charge on any atom is -0.383 e. The molecule has 1 atom stereocenters. The van der Waals surface area contributed by atoms with E-state index in [0.29, 0.717) is 18.7 Å². The molecule has 1 saturated carbocycles. The van der Waals surface area contributed by atoms with Crippen LogP contribution in [0.1, 0.15) is 54.1 Å². The van der Waals surface area contributed by atoms with E-state index in [4.69, 9.17) is 4.74 Å². The number of nitrogens with one attached hydrogen (secondary N) is 1. The molecule has 1 aromatic rings. The largest absolute Gasteiger partial charge is 0.383 e. The van der Waals surface area contributed by atoms with Gasteiger partial charge in [-0.25, -0.2) is 0 Å². The Kier molecular flexibility index (Phi) is 4.96. The first kappa shape index (κ1) is 16.0. The van der Waals surface area contributed by atoms with Gasteiger partial charge in [-0.3, -0.25) is 9.59 Å². The average molecular weight is 316 g/mol. The van der Waals surface area contributed by atoms with Crippen molar-refractivity contribution in [3.63, 3.8) is 0 Å². The highest BCUT2D eigenvalue weighted by Crippen LogP contribution is 2.38. The summed E-state index contributed by atoms with van der Waals surface area (Å²) >= 11 is 0. The van der Waals surface area contributed by atoms with Gasteiger partial charge < -0.3 is 15.0 Å². The molecule has 0 bridgehead atoms. The molecule has 0 spiro atoms. The molecular weight excluding hydrogens is 292 g/mol. The Labute approximate surface area is 137 Å². The van der Waals surface area contributed by atoms with Crippen molar-refractivity contribution in [2.24, 2.45) is 0 Å². The van der Waals surface area contributed by atoms with E-state index in [1.165, 1.54) is 6.42 Å². The second-order valence-electron chi connectivity index (χ2n) is 6.28. The van der Waals surface area contributed by atoms with Gasteiger partial charge in [0.05, 0.1) is 6.61 Å². The molecule has 1 unspecified atom stereocenters. The third-order valence-corrected chi connectivity index (χ3v) is 4.82. The number of hydrogen-bond donors (Lipinski definition) is 1. The summed E-state index contributed by atoms with van der Waals surface area (Å²) in [4.78, 5) is 27.4. The zero-order valence-electron chi connectivity index (χ0n) is 13.6. The Hall–Kier alpha value is -1.88. The van der Waals surface area contributed by atoms with Crippen molar-refractivity contribution in [3.05, 3.63) is 35.4 Å². The van der Waals surface area contributed by atoms with Crippen LogP contribution >= 0.6 is 0 Å². The molecule has 2 aliphatic rings. The van der Waals surface area contributed by atoms with Crippen LogP contribution in [0.4, 0.5) is 0 Å². The molecule has 0 saturated heterocycles. The SMILES string of the molecule is COCCNC(=O)C1c2ccccc2C(=O)N1C1CCCCC1. The van der Waals surface area contributed by atoms with Crippen LogP contribution in [0.5, 0.6) is 0 Å². The monoisotopic (exact) mass is 316 g/mol. The zero-order chi connectivity index (χ0) is 16.2. The maximum Gasteiger partial charge on any atom is 0.255 e. The van der Waals surface area contributed by atoms with Crippen LogP contribution in [0.15, 0.2) is 24.3 Å². The van der Waals surface area contributed by atoms with Gasteiger partial charge in [0.15, 0.2) is 0 Å². The minimum atomic E-state index is -0.501. The summed E-state index contributed by atoms with van der Waals surface area (Å²) in [7, 11) is 1.61. The van der Waals surface area contributed by atoms with Crippen molar-refractivity contribution in [2.45, 2.75) is 44.2 Å². The van der Waals surface area contributed by atoms with Crippen molar-refractivity contribution < 1.29 is 14.3 Å². The lowest BCUT2D eigenvalue weighted by Gasteiger charge is -2.35. The molecule has 1 N–H and O–H groups in total. The van der Waals surface area contributed by atoms with Crippen LogP contribution < -0.4 is 5.32 Å². The number of amides is 2. The fourth-order valence-corrected chi connectivity index (χ4v) is 3.71. The number of nitrogens with zero attached hydrogens (tertiary/aromatic N) is 1. The first-order valence-corrected chi connectivity index (χ1v) is 8.42. The maximum absolute atomic E-state index is 12.9. The Bertz CT molecular complexity index is 581. The van der Waals surface area contributed by atoms with E-state index in [-0.39, 0.29) is 17.9 Å². The van der Waals surface area contributed by atoms with E-state index in [9.17, 15) is 9.59 Å². The second-order valence-corrected chi connectivity index (χ2v) is 6.28. The molecule has 1 aliphatic heterocycles. The fraction of sp³-hybridized carbons (Fsp3) is 0.556. The standard InChI is InChI=1S/C18H24N2O3/c1-23-12-11-19-17(21)16-14-9-5-6-10-15(14)18(22)20(16)13-7-3-2-4-8-13/h5-6,9-10,13,16H,2-4,7-8,11-12H2,1H3,(H,19,21). The predicted octanol–water partition coefficient (Wildman–Crippen LogP) is 2.28. The maximum atomic E-state index is 12.9. The average Bonchev–Trinajstić information content (AvgIpc) is 2.89. The van der Waals surface area contributed by atoms with Crippen molar-refractivity contribution in [2.75, 3.05) is 20.3 Å². The summed E-state index contributed by atoms with van der Waals surface area (Å²) in [5.74, 6) is -0.106. The molecule has 1 heterocycles. The molecule has 2 amide bonds. The molecule has 3 rings (SSSR count). The number of rotatable bonds is 5. The fourth-order valence-electron chi connectivity index (χ4n) is 3.71. The van der Waals surface area contributed by atoms with Gasteiger partial charge in [0.2, 0.25) is 5.91 Å². The molecule has 124 valence electrons. The number of carbonyl (C=O) groups is 2. The van der Waals surface area contributed by atoms with Crippen LogP contribution in [0, 0.1) is 0 Å². The van der Waals surface area contributed by atoms with E-state index in [2.05, 4.69) is 5.32 Å². The van der Waals surface area contributed by atoms with Crippen LogP contribution in [-0.2, 0) is 9.53 Å². The lowest BCUT2D eigenvalue weighted by atomic mass is 9.93. The highest BCUT2D eigenvalue weighted by atomic mass is 16.5. The first-order chi connectivity index (χ1) is 11.2. The quantitative estimate of drug-likeness (QED) is 0.848. The third-order valence-electron chi connectivity index (χ3n) is 4.82. The third kappa shape index (κ3) is 3.11. The van der Waals surface area contributed by atoms with E-state index in [0.717, 1.165) is 31.2 Å². The molecule has 23 heavy (non-hydrogen) atoms. The smallest absolute Gasteiger partial charge is 0.255 e. The van der Waals surface area contributed by atoms with Crippen LogP contribution in [0.25, 0.3) is 0 Å². The Morgan fingerprint density at radius 1 is 1.26 bits per heavy atom. The van der Waals surface area contributed by atoms with Gasteiger partial charge in [0.1, 0.15) is 6.04 Å². The molecule has 1 aromatic carbocycles. The summed E-state index contributed by atoms with van der Waals surface area (Å²) in [5.41, 5.74) is 1.50. The highest BCUT2D eigenvalue weighted by molar-refractivity contribution is 6.04. The number of ether oxygens (including phenoxy) is 1. The number of benzene rings is 1. The summed E-state index contributed by atoms with van der Waals surface area (Å²) < 4.78 is 4.99. The number of methoxy groups -OCH3 is 1. The molecule has 5 heteroatoms. The topological polar surface area (TPSA) is 58.6 Å². The van der Waals surface area contributed by atoms with Crippen LogP contribution in [0.2, 0.25) is 0 Å². The number of fused-ring (bicyclic) bond motifs is 1. The Morgan fingerprint density at radius 3 is 2.74 bits per heavy atom. The Balaban J connectivity index is 1.87. The van der Waals surface area contributed by atoms with E-state index in [1.807, 2.05) is 29.2 Å². The van der Waals surface area contributed by atoms with Crippen molar-refractivity contribution in [1.29, 1.82) is 0 Å². The van der Waals surface area contributed by atoms with Crippen LogP contribution in [-0.4, -0.2) is 43.0 Å². The Morgan fingerprint density at radius 2 is 2.00 bits per heavy atom. The summed E-state index contributed by atoms with van der Waals surface area (Å²) in [5, 5.41) is 2.90. The van der Waals surface area contributed by atoms with Crippen LogP contribution in [0.3, 0.4) is 0 Å². The van der Waals surface area contributed by atoms with Gasteiger partial charge in [-0.05, 0) is 24.5 Å². The summed E-state index contributed by atoms with van der Waals surface area (Å²) in [6.07, 6.45) is 5.45. The van der Waals surface area contributed by atoms with Gasteiger partial charge in [0, 0.05) is 25.3 Å². The van der Waals surface area contributed by atoms with Gasteiger partial charge >= 0.3 is 0 Å². The van der Waals surface area contributed by atoms with Gasteiger partial charge in [0.25, 0.3) is 5.91 Å². The highest BCUT2D eigenvalue weighted by Gasteiger charge is 2.44. The van der Waals surface area contributed by atoms with Crippen molar-refractivity contribution in [1.82, 2.24) is 10.2 Å². The lowest BCUT2D eigenvalue weighted by Crippen LogP contribution is -2.45. The molecule has 1 aliphatic carbocycles. The molecule has 0 radical (unpaired) electrons.